The first-order valence-electron chi connectivity index (χ1n) is 13.1. The number of aliphatic hydroxyl groups is 1. The summed E-state index contributed by atoms with van der Waals surface area (Å²) in [7, 11) is 0. The lowest BCUT2D eigenvalue weighted by Crippen LogP contribution is -2.45. The quantitative estimate of drug-likeness (QED) is 0.246. The fourth-order valence-corrected chi connectivity index (χ4v) is 4.79. The van der Waals surface area contributed by atoms with Gasteiger partial charge in [0.1, 0.15) is 5.82 Å². The normalized spacial score (nSPS) is 14.4. The van der Waals surface area contributed by atoms with E-state index >= 15 is 0 Å². The van der Waals surface area contributed by atoms with Crippen LogP contribution in [0.2, 0.25) is 0 Å². The number of carbonyl (C=O) groups is 1. The Morgan fingerprint density at radius 3 is 2.53 bits per heavy atom. The number of ether oxygens (including phenoxy) is 1. The number of aliphatic carboxylic acids is 1. The Bertz CT molecular complexity index is 962. The second kappa shape index (κ2) is 14.5. The molecular weight excluding hydrogens is 457 g/mol. The third kappa shape index (κ3) is 10.8. The molecule has 2 aromatic carbocycles. The average Bonchev–Trinajstić information content (AvgIpc) is 2.80. The van der Waals surface area contributed by atoms with Gasteiger partial charge in [-0.3, -0.25) is 4.79 Å². The summed E-state index contributed by atoms with van der Waals surface area (Å²) in [4.78, 5) is 10.7. The number of halogens is 1. The van der Waals surface area contributed by atoms with E-state index in [0.717, 1.165) is 24.0 Å². The van der Waals surface area contributed by atoms with E-state index in [1.54, 1.807) is 6.07 Å². The number of benzene rings is 2. The van der Waals surface area contributed by atoms with E-state index in [0.29, 0.717) is 31.7 Å². The van der Waals surface area contributed by atoms with E-state index < -0.39 is 12.1 Å². The van der Waals surface area contributed by atoms with Gasteiger partial charge in [-0.1, -0.05) is 37.3 Å². The van der Waals surface area contributed by atoms with Gasteiger partial charge in [0.15, 0.2) is 0 Å². The number of unbranched alkanes of at least 4 members (excludes halogenated alkanes) is 1. The topological polar surface area (TPSA) is 78.8 Å². The molecule has 0 spiro atoms. The summed E-state index contributed by atoms with van der Waals surface area (Å²) in [6, 6.07) is 13.1. The van der Waals surface area contributed by atoms with Gasteiger partial charge in [-0.15, -0.1) is 0 Å². The van der Waals surface area contributed by atoms with Crippen LogP contribution in [0.5, 0.6) is 0 Å². The SMILES string of the molecule is Cc1ccccc1CC(C)CC(C)(C)NC[C@@H](O)COC(C)c1cc(F)ccc1CCCCC(=O)O. The molecule has 0 aliphatic rings. The Morgan fingerprint density at radius 1 is 1.11 bits per heavy atom. The van der Waals surface area contributed by atoms with Crippen LogP contribution < -0.4 is 5.32 Å². The molecule has 6 heteroatoms. The lowest BCUT2D eigenvalue weighted by atomic mass is 9.86. The first-order chi connectivity index (χ1) is 17.0. The highest BCUT2D eigenvalue weighted by molar-refractivity contribution is 5.66. The molecule has 36 heavy (non-hydrogen) atoms. The lowest BCUT2D eigenvalue weighted by Gasteiger charge is -2.31. The summed E-state index contributed by atoms with van der Waals surface area (Å²) in [5.41, 5.74) is 4.25. The number of β-amino-alcohol motifs (C(OH)–C–C–N with tert-alkyl or cyclic N) is 1. The number of aryl methyl sites for hydroxylation is 2. The van der Waals surface area contributed by atoms with Gasteiger partial charge in [0.2, 0.25) is 0 Å². The largest absolute Gasteiger partial charge is 0.481 e. The van der Waals surface area contributed by atoms with E-state index in [1.807, 2.05) is 6.92 Å². The van der Waals surface area contributed by atoms with Crippen LogP contribution in [0, 0.1) is 18.7 Å². The van der Waals surface area contributed by atoms with Crippen molar-refractivity contribution in [2.45, 2.75) is 90.9 Å². The van der Waals surface area contributed by atoms with Crippen molar-refractivity contribution in [3.63, 3.8) is 0 Å². The summed E-state index contributed by atoms with van der Waals surface area (Å²) in [6.07, 6.45) is 3.00. The summed E-state index contributed by atoms with van der Waals surface area (Å²) >= 11 is 0. The predicted molar refractivity (Wildman–Crippen MR) is 143 cm³/mol. The third-order valence-electron chi connectivity index (χ3n) is 6.68. The zero-order valence-corrected chi connectivity index (χ0v) is 22.5. The molecule has 0 aliphatic carbocycles. The molecule has 0 aliphatic heterocycles. The van der Waals surface area contributed by atoms with Crippen LogP contribution in [0.25, 0.3) is 0 Å². The minimum Gasteiger partial charge on any atom is -0.481 e. The molecular formula is C30H44FNO4. The molecule has 0 bridgehead atoms. The van der Waals surface area contributed by atoms with Crippen molar-refractivity contribution >= 4 is 5.97 Å². The standard InChI is InChI=1S/C30H44FNO4/c1-21(16-25-12-7-6-10-22(25)2)18-30(4,5)32-19-27(33)20-36-23(3)28-17-26(31)15-14-24(28)11-8-9-13-29(34)35/h6-7,10,12,14-15,17,21,23,27,32-33H,8-9,11,13,16,18-20H2,1-5H3,(H,34,35)/t21?,23?,27-/m1/s1. The second-order valence-corrected chi connectivity index (χ2v) is 10.8. The highest BCUT2D eigenvalue weighted by atomic mass is 19.1. The van der Waals surface area contributed by atoms with Gasteiger partial charge < -0.3 is 20.3 Å². The van der Waals surface area contributed by atoms with Gasteiger partial charge in [-0.25, -0.2) is 4.39 Å². The highest BCUT2D eigenvalue weighted by Gasteiger charge is 2.23. The average molecular weight is 502 g/mol. The van der Waals surface area contributed by atoms with Gasteiger partial charge in [0.05, 0.1) is 18.8 Å². The fraction of sp³-hybridized carbons (Fsp3) is 0.567. The van der Waals surface area contributed by atoms with E-state index in [-0.39, 0.29) is 30.5 Å². The lowest BCUT2D eigenvalue weighted by molar-refractivity contribution is -0.137. The Labute approximate surface area is 216 Å². The molecule has 0 amide bonds. The maximum absolute atomic E-state index is 13.9. The van der Waals surface area contributed by atoms with Crippen LogP contribution in [-0.4, -0.2) is 41.0 Å². The van der Waals surface area contributed by atoms with E-state index in [9.17, 15) is 14.3 Å². The first kappa shape index (κ1) is 29.9. The van der Waals surface area contributed by atoms with Crippen molar-refractivity contribution in [1.82, 2.24) is 5.32 Å². The number of carboxylic acids is 1. The number of aliphatic hydroxyl groups excluding tert-OH is 1. The monoisotopic (exact) mass is 501 g/mol. The smallest absolute Gasteiger partial charge is 0.303 e. The molecule has 200 valence electrons. The van der Waals surface area contributed by atoms with E-state index in [2.05, 4.69) is 57.3 Å². The van der Waals surface area contributed by atoms with Crippen molar-refractivity contribution in [3.05, 3.63) is 70.5 Å². The molecule has 0 saturated heterocycles. The van der Waals surface area contributed by atoms with Gasteiger partial charge in [-0.05, 0) is 100 Å². The molecule has 3 atom stereocenters. The fourth-order valence-electron chi connectivity index (χ4n) is 4.79. The summed E-state index contributed by atoms with van der Waals surface area (Å²) in [5.74, 6) is -0.653. The first-order valence-corrected chi connectivity index (χ1v) is 13.1. The predicted octanol–water partition coefficient (Wildman–Crippen LogP) is 6.01. The molecule has 2 aromatic rings. The van der Waals surface area contributed by atoms with Crippen LogP contribution in [0.4, 0.5) is 4.39 Å². The number of carboxylic acid groups (broad SMARTS) is 1. The summed E-state index contributed by atoms with van der Waals surface area (Å²) in [5, 5.41) is 22.8. The molecule has 3 N–H and O–H groups in total. The Kier molecular flexibility index (Phi) is 12.0. The van der Waals surface area contributed by atoms with Crippen molar-refractivity contribution in [1.29, 1.82) is 0 Å². The van der Waals surface area contributed by atoms with Gasteiger partial charge in [0.25, 0.3) is 0 Å². The van der Waals surface area contributed by atoms with Crippen molar-refractivity contribution < 1.29 is 24.1 Å². The van der Waals surface area contributed by atoms with Crippen LogP contribution >= 0.6 is 0 Å². The number of nitrogens with one attached hydrogen (secondary N) is 1. The zero-order chi connectivity index (χ0) is 26.7. The molecule has 2 rings (SSSR count). The Balaban J connectivity index is 1.81. The van der Waals surface area contributed by atoms with Crippen LogP contribution in [0.1, 0.15) is 81.7 Å². The second-order valence-electron chi connectivity index (χ2n) is 10.8. The van der Waals surface area contributed by atoms with Crippen molar-refractivity contribution in [3.8, 4) is 0 Å². The number of rotatable bonds is 16. The maximum atomic E-state index is 13.9. The number of hydrogen-bond acceptors (Lipinski definition) is 4. The molecule has 0 heterocycles. The molecule has 0 aromatic heterocycles. The third-order valence-corrected chi connectivity index (χ3v) is 6.68. The summed E-state index contributed by atoms with van der Waals surface area (Å²) in [6.45, 7) is 11.1. The van der Waals surface area contributed by atoms with Crippen molar-refractivity contribution in [2.75, 3.05) is 13.2 Å². The highest BCUT2D eigenvalue weighted by Crippen LogP contribution is 2.25. The Morgan fingerprint density at radius 2 is 1.83 bits per heavy atom. The van der Waals surface area contributed by atoms with Crippen LogP contribution in [0.15, 0.2) is 42.5 Å². The van der Waals surface area contributed by atoms with Gasteiger partial charge in [-0.2, -0.15) is 0 Å². The van der Waals surface area contributed by atoms with Crippen LogP contribution in [0.3, 0.4) is 0 Å². The van der Waals surface area contributed by atoms with Crippen molar-refractivity contribution in [2.24, 2.45) is 5.92 Å². The summed E-state index contributed by atoms with van der Waals surface area (Å²) < 4.78 is 19.8. The van der Waals surface area contributed by atoms with E-state index in [1.165, 1.54) is 23.3 Å². The minimum atomic E-state index is -0.808. The molecule has 0 saturated carbocycles. The zero-order valence-electron chi connectivity index (χ0n) is 22.5. The Hall–Kier alpha value is -2.28. The van der Waals surface area contributed by atoms with Gasteiger partial charge >= 0.3 is 5.97 Å². The molecule has 5 nitrogen and oxygen atoms in total. The van der Waals surface area contributed by atoms with Crippen LogP contribution in [-0.2, 0) is 22.4 Å². The maximum Gasteiger partial charge on any atom is 0.303 e. The molecule has 0 fully saturated rings. The van der Waals surface area contributed by atoms with E-state index in [4.69, 9.17) is 9.84 Å². The minimum absolute atomic E-state index is 0.128. The molecule has 2 unspecified atom stereocenters. The van der Waals surface area contributed by atoms with Gasteiger partial charge in [0, 0.05) is 18.5 Å². The number of hydrogen-bond donors (Lipinski definition) is 3. The molecule has 0 radical (unpaired) electrons.